The number of thioether (sulfide) groups is 1. The maximum Gasteiger partial charge on any atom is 0.234 e. The predicted molar refractivity (Wildman–Crippen MR) is 58.0 cm³/mol. The first-order valence-corrected chi connectivity index (χ1v) is 6.31. The number of hydrogen-bond acceptors (Lipinski definition) is 5. The van der Waals surface area contributed by atoms with Gasteiger partial charge in [0.2, 0.25) is 5.89 Å². The summed E-state index contributed by atoms with van der Waals surface area (Å²) in [7, 11) is 0. The summed E-state index contributed by atoms with van der Waals surface area (Å²) in [6.45, 7) is 1.53. The van der Waals surface area contributed by atoms with Gasteiger partial charge in [0.15, 0.2) is 5.82 Å². The smallest absolute Gasteiger partial charge is 0.234 e. The Hall–Kier alpha value is -0.840. The fraction of sp³-hybridized carbons (Fsp3) is 0.700. The number of nitrogens with zero attached hydrogens (tertiary/aromatic N) is 2. The van der Waals surface area contributed by atoms with Crippen molar-refractivity contribution in [2.24, 2.45) is 0 Å². The molecule has 0 N–H and O–H groups in total. The number of Topliss-reactive ketones (excluding diaryl/α,β-unsaturated/α-hetero) is 1. The fourth-order valence-corrected chi connectivity index (χ4v) is 2.80. The molecule has 0 aromatic carbocycles. The lowest BCUT2D eigenvalue weighted by Gasteiger charge is -2.17. The van der Waals surface area contributed by atoms with E-state index in [1.807, 2.05) is 11.8 Å². The zero-order valence-electron chi connectivity index (χ0n) is 8.73. The Morgan fingerprint density at radius 3 is 3.20 bits per heavy atom. The highest BCUT2D eigenvalue weighted by Crippen LogP contribution is 2.29. The second-order valence-corrected chi connectivity index (χ2v) is 4.99. The Morgan fingerprint density at radius 2 is 2.53 bits per heavy atom. The predicted octanol–water partition coefficient (Wildman–Crippen LogP) is 1.81. The molecule has 1 aliphatic heterocycles. The summed E-state index contributed by atoms with van der Waals surface area (Å²) < 4.78 is 5.04. The molecule has 2 rings (SSSR count). The van der Waals surface area contributed by atoms with Gasteiger partial charge in [-0.1, -0.05) is 5.16 Å². The molecule has 0 bridgehead atoms. The summed E-state index contributed by atoms with van der Waals surface area (Å²) in [6.07, 6.45) is 2.60. The first-order valence-electron chi connectivity index (χ1n) is 5.15. The van der Waals surface area contributed by atoms with E-state index in [2.05, 4.69) is 10.1 Å². The van der Waals surface area contributed by atoms with Crippen molar-refractivity contribution >= 4 is 17.5 Å². The molecular formula is C10H14N2O2S. The first kappa shape index (κ1) is 10.7. The highest BCUT2D eigenvalue weighted by atomic mass is 32.2. The number of carbonyl (C=O) groups excluding carboxylic acids is 1. The van der Waals surface area contributed by atoms with E-state index in [1.165, 1.54) is 19.1 Å². The van der Waals surface area contributed by atoms with E-state index < -0.39 is 0 Å². The van der Waals surface area contributed by atoms with Crippen LogP contribution in [0.2, 0.25) is 0 Å². The third-order valence-electron chi connectivity index (χ3n) is 2.41. The van der Waals surface area contributed by atoms with Gasteiger partial charge in [0, 0.05) is 11.7 Å². The molecule has 0 radical (unpaired) electrons. The average molecular weight is 226 g/mol. The molecule has 4 nitrogen and oxygen atoms in total. The van der Waals surface area contributed by atoms with Crippen LogP contribution in [0.3, 0.4) is 0 Å². The average Bonchev–Trinajstić information content (AvgIpc) is 2.67. The van der Waals surface area contributed by atoms with Crippen LogP contribution in [0, 0.1) is 0 Å². The number of rotatable bonds is 3. The van der Waals surface area contributed by atoms with Crippen LogP contribution in [0.15, 0.2) is 4.52 Å². The topological polar surface area (TPSA) is 56.0 Å². The van der Waals surface area contributed by atoms with Crippen LogP contribution in [0.25, 0.3) is 0 Å². The van der Waals surface area contributed by atoms with Crippen molar-refractivity contribution in [3.8, 4) is 0 Å². The zero-order valence-corrected chi connectivity index (χ0v) is 9.55. The molecule has 0 saturated carbocycles. The Labute approximate surface area is 92.8 Å². The van der Waals surface area contributed by atoms with Gasteiger partial charge in [0.05, 0.1) is 6.42 Å². The van der Waals surface area contributed by atoms with Gasteiger partial charge in [0.1, 0.15) is 5.78 Å². The number of aromatic nitrogens is 2. The summed E-state index contributed by atoms with van der Waals surface area (Å²) in [5, 5.41) is 3.94. The molecule has 2 heterocycles. The first-order chi connectivity index (χ1) is 7.25. The standard InChI is InChI=1S/C10H14N2O2S/c1-7(13)5-9-11-10(12-14-9)8-3-2-4-15-6-8/h8H,2-6H2,1H3. The lowest BCUT2D eigenvalue weighted by molar-refractivity contribution is -0.116. The van der Waals surface area contributed by atoms with E-state index >= 15 is 0 Å². The molecule has 0 spiro atoms. The molecular weight excluding hydrogens is 212 g/mol. The summed E-state index contributed by atoms with van der Waals surface area (Å²) in [6, 6.07) is 0. The SMILES string of the molecule is CC(=O)Cc1nc(C2CCCSC2)no1. The van der Waals surface area contributed by atoms with Crippen molar-refractivity contribution < 1.29 is 9.32 Å². The van der Waals surface area contributed by atoms with Crippen molar-refractivity contribution in [3.63, 3.8) is 0 Å². The molecule has 1 fully saturated rings. The van der Waals surface area contributed by atoms with Gasteiger partial charge < -0.3 is 4.52 Å². The minimum absolute atomic E-state index is 0.0585. The van der Waals surface area contributed by atoms with Gasteiger partial charge in [-0.3, -0.25) is 4.79 Å². The van der Waals surface area contributed by atoms with Crippen molar-refractivity contribution in [3.05, 3.63) is 11.7 Å². The van der Waals surface area contributed by atoms with Crippen LogP contribution < -0.4 is 0 Å². The number of hydrogen-bond donors (Lipinski definition) is 0. The molecule has 0 amide bonds. The quantitative estimate of drug-likeness (QED) is 0.786. The van der Waals surface area contributed by atoms with Gasteiger partial charge >= 0.3 is 0 Å². The van der Waals surface area contributed by atoms with Gasteiger partial charge in [-0.15, -0.1) is 0 Å². The minimum Gasteiger partial charge on any atom is -0.339 e. The van der Waals surface area contributed by atoms with Crippen molar-refractivity contribution in [2.45, 2.75) is 32.1 Å². The zero-order chi connectivity index (χ0) is 10.7. The van der Waals surface area contributed by atoms with Gasteiger partial charge in [-0.25, -0.2) is 0 Å². The molecule has 1 atom stereocenters. The summed E-state index contributed by atoms with van der Waals surface area (Å²) >= 11 is 1.93. The van der Waals surface area contributed by atoms with Crippen molar-refractivity contribution in [1.29, 1.82) is 0 Å². The van der Waals surface area contributed by atoms with E-state index in [9.17, 15) is 4.79 Å². The Morgan fingerprint density at radius 1 is 1.67 bits per heavy atom. The number of ketones is 1. The monoisotopic (exact) mass is 226 g/mol. The summed E-state index contributed by atoms with van der Waals surface area (Å²) in [4.78, 5) is 15.1. The van der Waals surface area contributed by atoms with E-state index in [4.69, 9.17) is 4.52 Å². The van der Waals surface area contributed by atoms with Crippen molar-refractivity contribution in [1.82, 2.24) is 10.1 Å². The fourth-order valence-electron chi connectivity index (χ4n) is 1.66. The minimum atomic E-state index is 0.0585. The molecule has 1 unspecified atom stereocenters. The van der Waals surface area contributed by atoms with E-state index in [-0.39, 0.29) is 12.2 Å². The van der Waals surface area contributed by atoms with Crippen LogP contribution in [-0.2, 0) is 11.2 Å². The normalized spacial score (nSPS) is 21.5. The maximum atomic E-state index is 10.9. The Bertz CT molecular complexity index is 345. The Balaban J connectivity index is 2.02. The maximum absolute atomic E-state index is 10.9. The van der Waals surface area contributed by atoms with Crippen LogP contribution in [0.1, 0.15) is 37.4 Å². The summed E-state index contributed by atoms with van der Waals surface area (Å²) in [5.74, 6) is 4.00. The lowest BCUT2D eigenvalue weighted by atomic mass is 10.1. The molecule has 15 heavy (non-hydrogen) atoms. The van der Waals surface area contributed by atoms with E-state index in [0.29, 0.717) is 11.8 Å². The van der Waals surface area contributed by atoms with Crippen LogP contribution >= 0.6 is 11.8 Å². The van der Waals surface area contributed by atoms with Crippen LogP contribution in [0.5, 0.6) is 0 Å². The molecule has 5 heteroatoms. The van der Waals surface area contributed by atoms with Crippen LogP contribution in [-0.4, -0.2) is 27.4 Å². The van der Waals surface area contributed by atoms with Gasteiger partial charge in [-0.05, 0) is 25.5 Å². The third-order valence-corrected chi connectivity index (χ3v) is 3.62. The molecule has 1 aromatic heterocycles. The largest absolute Gasteiger partial charge is 0.339 e. The molecule has 0 aliphatic carbocycles. The van der Waals surface area contributed by atoms with Gasteiger partial charge in [-0.2, -0.15) is 16.7 Å². The third kappa shape index (κ3) is 2.81. The lowest BCUT2D eigenvalue weighted by Crippen LogP contribution is -2.10. The Kier molecular flexibility index (Phi) is 3.41. The summed E-state index contributed by atoms with van der Waals surface area (Å²) in [5.41, 5.74) is 0. The highest BCUT2D eigenvalue weighted by molar-refractivity contribution is 7.99. The molecule has 1 saturated heterocycles. The highest BCUT2D eigenvalue weighted by Gasteiger charge is 2.21. The van der Waals surface area contributed by atoms with Crippen molar-refractivity contribution in [2.75, 3.05) is 11.5 Å². The van der Waals surface area contributed by atoms with Gasteiger partial charge in [0.25, 0.3) is 0 Å². The van der Waals surface area contributed by atoms with E-state index in [1.54, 1.807) is 0 Å². The van der Waals surface area contributed by atoms with Crippen LogP contribution in [0.4, 0.5) is 0 Å². The van der Waals surface area contributed by atoms with E-state index in [0.717, 1.165) is 18.0 Å². The second kappa shape index (κ2) is 4.79. The molecule has 82 valence electrons. The molecule has 1 aliphatic rings. The molecule has 1 aromatic rings. The second-order valence-electron chi connectivity index (χ2n) is 3.84. The number of carbonyl (C=O) groups is 1.